The molecule has 0 bridgehead atoms. The van der Waals surface area contributed by atoms with E-state index >= 15 is 0 Å². The van der Waals surface area contributed by atoms with Crippen molar-refractivity contribution in [3.63, 3.8) is 0 Å². The van der Waals surface area contributed by atoms with Crippen molar-refractivity contribution in [3.8, 4) is 0 Å². The summed E-state index contributed by atoms with van der Waals surface area (Å²) >= 11 is 0. The zero-order valence-corrected chi connectivity index (χ0v) is 16.0. The molecular weight excluding hydrogens is 380 g/mol. The van der Waals surface area contributed by atoms with Crippen LogP contribution in [0.3, 0.4) is 0 Å². The van der Waals surface area contributed by atoms with Gasteiger partial charge in [0.2, 0.25) is 0 Å². The number of fused-ring (bicyclic) bond motifs is 2. The highest BCUT2D eigenvalue weighted by Gasteiger charge is 2.41. The van der Waals surface area contributed by atoms with Crippen molar-refractivity contribution in [2.45, 2.75) is 32.9 Å². The number of hydroxylamine groups is 2. The van der Waals surface area contributed by atoms with Gasteiger partial charge in [-0.1, -0.05) is 17.2 Å². The summed E-state index contributed by atoms with van der Waals surface area (Å²) in [6.07, 6.45) is 0.596. The van der Waals surface area contributed by atoms with Gasteiger partial charge in [0.15, 0.2) is 5.82 Å². The van der Waals surface area contributed by atoms with Crippen LogP contribution >= 0.6 is 0 Å². The van der Waals surface area contributed by atoms with Crippen molar-refractivity contribution in [2.24, 2.45) is 0 Å². The number of carbonyl (C=O) groups is 4. The highest BCUT2D eigenvalue weighted by Crippen LogP contribution is 2.29. The van der Waals surface area contributed by atoms with Gasteiger partial charge in [-0.2, -0.15) is 5.10 Å². The van der Waals surface area contributed by atoms with E-state index < -0.39 is 29.5 Å². The lowest BCUT2D eigenvalue weighted by Crippen LogP contribution is -2.37. The molecule has 150 valence electrons. The van der Waals surface area contributed by atoms with E-state index in [9.17, 15) is 19.2 Å². The first-order chi connectivity index (χ1) is 13.7. The summed E-state index contributed by atoms with van der Waals surface area (Å²) in [5, 5.41) is 4.50. The van der Waals surface area contributed by atoms with E-state index in [2.05, 4.69) is 5.10 Å². The van der Waals surface area contributed by atoms with E-state index in [1.165, 1.54) is 27.9 Å². The average Bonchev–Trinajstić information content (AvgIpc) is 3.30. The predicted octanol–water partition coefficient (Wildman–Crippen LogP) is 2.01. The Labute approximate surface area is 165 Å². The molecule has 2 aliphatic rings. The van der Waals surface area contributed by atoms with Crippen molar-refractivity contribution < 1.29 is 28.8 Å². The first-order valence-electron chi connectivity index (χ1n) is 8.94. The van der Waals surface area contributed by atoms with Crippen LogP contribution in [0.25, 0.3) is 0 Å². The van der Waals surface area contributed by atoms with Crippen LogP contribution in [0.5, 0.6) is 0 Å². The second kappa shape index (κ2) is 6.43. The Kier molecular flexibility index (Phi) is 4.14. The van der Waals surface area contributed by atoms with Gasteiger partial charge in [0.1, 0.15) is 11.2 Å². The number of hydrogen-bond donors (Lipinski definition) is 0. The number of nitrogens with zero attached hydrogens (tertiary/aromatic N) is 4. The normalized spacial score (nSPS) is 15.4. The van der Waals surface area contributed by atoms with E-state index in [0.717, 1.165) is 0 Å². The topological polar surface area (TPSA) is 111 Å². The van der Waals surface area contributed by atoms with Crippen molar-refractivity contribution >= 4 is 29.7 Å². The Morgan fingerprint density at radius 3 is 2.24 bits per heavy atom. The van der Waals surface area contributed by atoms with Crippen molar-refractivity contribution in [1.29, 1.82) is 0 Å². The number of anilines is 1. The Morgan fingerprint density at radius 1 is 1.03 bits per heavy atom. The van der Waals surface area contributed by atoms with Gasteiger partial charge < -0.3 is 9.57 Å². The Hall–Kier alpha value is -3.69. The van der Waals surface area contributed by atoms with Crippen LogP contribution in [-0.4, -0.2) is 50.9 Å². The minimum atomic E-state index is -0.976. The number of ether oxygens (including phenoxy) is 1. The Balaban J connectivity index is 1.57. The highest BCUT2D eigenvalue weighted by molar-refractivity contribution is 6.21. The molecule has 4 rings (SSSR count). The van der Waals surface area contributed by atoms with Gasteiger partial charge in [-0.15, -0.1) is 0 Å². The lowest BCUT2D eigenvalue weighted by atomic mass is 10.1. The van der Waals surface area contributed by atoms with Crippen LogP contribution in [-0.2, 0) is 16.1 Å². The number of hydrogen-bond acceptors (Lipinski definition) is 7. The van der Waals surface area contributed by atoms with E-state index in [-0.39, 0.29) is 29.1 Å². The van der Waals surface area contributed by atoms with Gasteiger partial charge in [0.05, 0.1) is 30.4 Å². The molecule has 3 amide bonds. The van der Waals surface area contributed by atoms with Gasteiger partial charge in [-0.25, -0.2) is 14.3 Å². The van der Waals surface area contributed by atoms with Crippen LogP contribution in [0.15, 0.2) is 30.5 Å². The van der Waals surface area contributed by atoms with Gasteiger partial charge >= 0.3 is 12.1 Å². The summed E-state index contributed by atoms with van der Waals surface area (Å²) in [6.45, 7) is 5.83. The van der Waals surface area contributed by atoms with E-state index in [1.807, 2.05) is 0 Å². The maximum atomic E-state index is 12.7. The second-order valence-electron chi connectivity index (χ2n) is 7.57. The molecule has 2 aliphatic heterocycles. The SMILES string of the molecule is CC(C)(C)OC(=O)N1CCn2ncc(C(=O)ON3C(=O)c4ccccc4C3=O)c21. The number of aromatic nitrogens is 2. The first kappa shape index (κ1) is 18.7. The van der Waals surface area contributed by atoms with Gasteiger partial charge in [0.25, 0.3) is 11.8 Å². The fraction of sp³-hybridized carbons (Fsp3) is 0.316. The quantitative estimate of drug-likeness (QED) is 0.712. The molecule has 0 radical (unpaired) electrons. The minimum Gasteiger partial charge on any atom is -0.443 e. The predicted molar refractivity (Wildman–Crippen MR) is 98.2 cm³/mol. The first-order valence-corrected chi connectivity index (χ1v) is 8.94. The molecule has 2 aromatic rings. The molecule has 0 aliphatic carbocycles. The number of benzene rings is 1. The van der Waals surface area contributed by atoms with Crippen molar-refractivity contribution in [1.82, 2.24) is 14.8 Å². The fourth-order valence-corrected chi connectivity index (χ4v) is 3.15. The van der Waals surface area contributed by atoms with Crippen LogP contribution in [0, 0.1) is 0 Å². The van der Waals surface area contributed by atoms with Crippen LogP contribution < -0.4 is 4.90 Å². The zero-order valence-electron chi connectivity index (χ0n) is 16.0. The Morgan fingerprint density at radius 2 is 1.66 bits per heavy atom. The third-order valence-corrected chi connectivity index (χ3v) is 4.37. The van der Waals surface area contributed by atoms with Gasteiger partial charge in [0, 0.05) is 0 Å². The van der Waals surface area contributed by atoms with E-state index in [0.29, 0.717) is 11.6 Å². The van der Waals surface area contributed by atoms with Crippen LogP contribution in [0.1, 0.15) is 51.8 Å². The molecule has 1 aromatic heterocycles. The van der Waals surface area contributed by atoms with E-state index in [4.69, 9.17) is 9.57 Å². The fourth-order valence-electron chi connectivity index (χ4n) is 3.15. The molecule has 0 N–H and O–H groups in total. The van der Waals surface area contributed by atoms with Gasteiger partial charge in [-0.3, -0.25) is 14.5 Å². The molecule has 1 aromatic carbocycles. The summed E-state index contributed by atoms with van der Waals surface area (Å²) < 4.78 is 6.83. The molecule has 0 atom stereocenters. The van der Waals surface area contributed by atoms with Crippen molar-refractivity contribution in [2.75, 3.05) is 11.4 Å². The molecule has 10 nitrogen and oxygen atoms in total. The summed E-state index contributed by atoms with van der Waals surface area (Å²) in [5.41, 5.74) is -0.461. The number of amides is 3. The number of carbonyl (C=O) groups excluding carboxylic acids is 4. The molecule has 3 heterocycles. The second-order valence-corrected chi connectivity index (χ2v) is 7.57. The highest BCUT2D eigenvalue weighted by atomic mass is 16.7. The molecule has 29 heavy (non-hydrogen) atoms. The summed E-state index contributed by atoms with van der Waals surface area (Å²) in [6, 6.07) is 6.17. The molecule has 0 saturated carbocycles. The molecule has 0 saturated heterocycles. The van der Waals surface area contributed by atoms with Gasteiger partial charge in [-0.05, 0) is 32.9 Å². The monoisotopic (exact) mass is 398 g/mol. The van der Waals surface area contributed by atoms with E-state index in [1.54, 1.807) is 32.9 Å². The maximum absolute atomic E-state index is 12.7. The largest absolute Gasteiger partial charge is 0.443 e. The lowest BCUT2D eigenvalue weighted by Gasteiger charge is -2.24. The number of rotatable bonds is 2. The minimum absolute atomic E-state index is 0.0510. The molecule has 0 spiro atoms. The zero-order chi connectivity index (χ0) is 20.9. The molecular formula is C19H18N4O6. The van der Waals surface area contributed by atoms with Crippen LogP contribution in [0.4, 0.5) is 10.6 Å². The summed E-state index contributed by atoms with van der Waals surface area (Å²) in [5.74, 6) is -2.24. The standard InChI is InChI=1S/C19H18N4O6/c1-19(2,3)28-18(27)21-8-9-22-14(21)13(10-20-22)17(26)29-23-15(24)11-6-4-5-7-12(11)16(23)25/h4-7,10H,8-9H2,1-3H3. The van der Waals surface area contributed by atoms with Crippen molar-refractivity contribution in [3.05, 3.63) is 47.2 Å². The third-order valence-electron chi connectivity index (χ3n) is 4.37. The Bertz CT molecular complexity index is 1020. The van der Waals surface area contributed by atoms with Crippen LogP contribution in [0.2, 0.25) is 0 Å². The summed E-state index contributed by atoms with van der Waals surface area (Å²) in [7, 11) is 0. The summed E-state index contributed by atoms with van der Waals surface area (Å²) in [4.78, 5) is 56.4. The smallest absolute Gasteiger partial charge is 0.416 e. The number of imide groups is 1. The molecule has 10 heteroatoms. The molecule has 0 fully saturated rings. The molecule has 0 unspecified atom stereocenters. The lowest BCUT2D eigenvalue weighted by molar-refractivity contribution is -0.0584. The third kappa shape index (κ3) is 3.12. The maximum Gasteiger partial charge on any atom is 0.416 e. The average molecular weight is 398 g/mol.